The average Bonchev–Trinajstić information content (AvgIpc) is 0.785. The zero-order valence-electron chi connectivity index (χ0n) is 59.9. The maximum Gasteiger partial charge on any atom is 0.220 e. The minimum atomic E-state index is -1.98. The first kappa shape index (κ1) is 88.9. The second-order valence-electron chi connectivity index (χ2n) is 26.0. The van der Waals surface area contributed by atoms with Crippen LogP contribution in [0.3, 0.4) is 0 Å². The predicted molar refractivity (Wildman–Crippen MR) is 392 cm³/mol. The summed E-state index contributed by atoms with van der Waals surface area (Å²) in [4.78, 5) is 13.4. The Morgan fingerprint density at radius 3 is 1.09 bits per heavy atom. The summed E-state index contributed by atoms with van der Waals surface area (Å²) in [5.41, 5.74) is 0. The van der Waals surface area contributed by atoms with Crippen molar-refractivity contribution < 1.29 is 89.4 Å². The standard InChI is InChI=1S/C80H131NO18/c1-3-5-7-9-11-13-15-17-18-19-20-21-22-23-24-25-26-27-28-29-30-31-32-33-34-35-36-37-38-39-40-41-42-43-44-46-48-50-52-54-56-58-68(86)81-63(64(85)57-55-53-51-49-47-45-16-14-12-10-8-6-4-2)62-94-78-74(92)71(89)76(66(60-83)96-78)99-80-75(93)72(90)77(67(61-84)97-80)98-79-73(91)70(88)69(87)65(59-82)95-79/h5,7,11,13,17-18,20-21,23-24,26-27,29-30,32-33,35-36,38-39,41-42,44,46,63-67,69-80,82-85,87-93H,3-4,6,8-10,12,14-16,19,22,25,28,31,34,37,40,43,45,47-62H2,1-2H3,(H,81,86)/b7-5-,13-11-,18-17-,21-20-,24-23-,27-26-,30-29-,33-32-,36-35-,39-38-,42-41-,46-44-. The third kappa shape index (κ3) is 39.8. The Balaban J connectivity index is 1.34. The van der Waals surface area contributed by atoms with Crippen LogP contribution in [0.1, 0.15) is 219 Å². The fourth-order valence-corrected chi connectivity index (χ4v) is 11.6. The van der Waals surface area contributed by atoms with E-state index in [1.54, 1.807) is 0 Å². The smallest absolute Gasteiger partial charge is 0.220 e. The summed E-state index contributed by atoms with van der Waals surface area (Å²) in [5.74, 6) is -0.274. The van der Waals surface area contributed by atoms with Crippen molar-refractivity contribution in [2.24, 2.45) is 0 Å². The van der Waals surface area contributed by atoms with Crippen molar-refractivity contribution in [3.8, 4) is 0 Å². The van der Waals surface area contributed by atoms with Crippen LogP contribution in [0.15, 0.2) is 146 Å². The van der Waals surface area contributed by atoms with Crippen LogP contribution >= 0.6 is 0 Å². The maximum atomic E-state index is 13.4. The monoisotopic (exact) mass is 1390 g/mol. The lowest BCUT2D eigenvalue weighted by atomic mass is 9.96. The van der Waals surface area contributed by atoms with Gasteiger partial charge in [0.05, 0.1) is 38.6 Å². The number of aliphatic hydroxyl groups is 11. The first-order valence-corrected chi connectivity index (χ1v) is 37.6. The lowest BCUT2D eigenvalue weighted by Crippen LogP contribution is -2.66. The third-order valence-corrected chi connectivity index (χ3v) is 17.7. The van der Waals surface area contributed by atoms with Gasteiger partial charge in [-0.15, -0.1) is 0 Å². The van der Waals surface area contributed by atoms with Crippen molar-refractivity contribution in [3.63, 3.8) is 0 Å². The molecule has 3 saturated heterocycles. The fourth-order valence-electron chi connectivity index (χ4n) is 11.6. The van der Waals surface area contributed by atoms with E-state index in [2.05, 4.69) is 165 Å². The molecule has 3 aliphatic heterocycles. The first-order chi connectivity index (χ1) is 48.3. The van der Waals surface area contributed by atoms with Gasteiger partial charge in [-0.25, -0.2) is 0 Å². The average molecular weight is 1390 g/mol. The summed E-state index contributed by atoms with van der Waals surface area (Å²) < 4.78 is 34.4. The molecule has 0 bridgehead atoms. The maximum absolute atomic E-state index is 13.4. The quantitative estimate of drug-likeness (QED) is 0.0199. The molecule has 0 aromatic rings. The minimum absolute atomic E-state index is 0.227. The molecule has 0 radical (unpaired) electrons. The molecule has 0 spiro atoms. The van der Waals surface area contributed by atoms with Crippen molar-refractivity contribution in [1.82, 2.24) is 5.32 Å². The molecule has 3 fully saturated rings. The number of allylic oxidation sites excluding steroid dienone is 24. The van der Waals surface area contributed by atoms with Crippen molar-refractivity contribution in [1.29, 1.82) is 0 Å². The van der Waals surface area contributed by atoms with Gasteiger partial charge in [-0.3, -0.25) is 4.79 Å². The zero-order valence-corrected chi connectivity index (χ0v) is 59.9. The number of hydrogen-bond acceptors (Lipinski definition) is 18. The summed E-state index contributed by atoms with van der Waals surface area (Å²) in [6.45, 7) is 1.63. The van der Waals surface area contributed by atoms with Gasteiger partial charge in [-0.2, -0.15) is 0 Å². The largest absolute Gasteiger partial charge is 0.394 e. The van der Waals surface area contributed by atoms with E-state index in [4.69, 9.17) is 28.4 Å². The molecule has 3 aliphatic rings. The van der Waals surface area contributed by atoms with Crippen LogP contribution < -0.4 is 5.32 Å². The third-order valence-electron chi connectivity index (χ3n) is 17.7. The van der Waals surface area contributed by atoms with Gasteiger partial charge in [0, 0.05) is 6.42 Å². The second kappa shape index (κ2) is 59.1. The van der Waals surface area contributed by atoms with Crippen molar-refractivity contribution in [3.05, 3.63) is 146 Å². The van der Waals surface area contributed by atoms with Gasteiger partial charge in [-0.05, 0) is 103 Å². The number of carbonyl (C=O) groups excluding carboxylic acids is 1. The number of nitrogens with one attached hydrogen (secondary N) is 1. The van der Waals surface area contributed by atoms with E-state index in [1.807, 2.05) is 0 Å². The molecule has 0 aliphatic carbocycles. The van der Waals surface area contributed by atoms with E-state index in [0.717, 1.165) is 122 Å². The highest BCUT2D eigenvalue weighted by molar-refractivity contribution is 5.76. The molecule has 17 unspecified atom stereocenters. The second-order valence-corrected chi connectivity index (χ2v) is 26.0. The van der Waals surface area contributed by atoms with Crippen LogP contribution in [0, 0.1) is 0 Å². The van der Waals surface area contributed by atoms with Crippen molar-refractivity contribution >= 4 is 5.91 Å². The first-order valence-electron chi connectivity index (χ1n) is 37.6. The Morgan fingerprint density at radius 1 is 0.374 bits per heavy atom. The van der Waals surface area contributed by atoms with Crippen LogP contribution in [0.5, 0.6) is 0 Å². The number of aliphatic hydroxyl groups excluding tert-OH is 11. The Kier molecular flexibility index (Phi) is 53.1. The normalized spacial score (nSPS) is 27.5. The van der Waals surface area contributed by atoms with E-state index in [1.165, 1.54) is 57.8 Å². The molecule has 17 atom stereocenters. The topological polar surface area (TPSA) is 307 Å². The van der Waals surface area contributed by atoms with Gasteiger partial charge < -0.3 is 89.9 Å². The highest BCUT2D eigenvalue weighted by Crippen LogP contribution is 2.33. The van der Waals surface area contributed by atoms with Gasteiger partial charge >= 0.3 is 0 Å². The van der Waals surface area contributed by atoms with Gasteiger partial charge in [0.15, 0.2) is 18.9 Å². The number of rotatable bonds is 56. The van der Waals surface area contributed by atoms with Crippen molar-refractivity contribution in [2.45, 2.75) is 324 Å². The van der Waals surface area contributed by atoms with Crippen LogP contribution in [-0.4, -0.2) is 193 Å². The molecule has 0 aromatic carbocycles. The van der Waals surface area contributed by atoms with Gasteiger partial charge in [0.25, 0.3) is 0 Å². The molecule has 564 valence electrons. The van der Waals surface area contributed by atoms with Gasteiger partial charge in [-0.1, -0.05) is 256 Å². The summed E-state index contributed by atoms with van der Waals surface area (Å²) in [7, 11) is 0. The van der Waals surface area contributed by atoms with E-state index in [9.17, 15) is 61.0 Å². The Bertz CT molecular complexity index is 2360. The van der Waals surface area contributed by atoms with Crippen LogP contribution in [-0.2, 0) is 33.2 Å². The van der Waals surface area contributed by atoms with Crippen LogP contribution in [0.25, 0.3) is 0 Å². The van der Waals surface area contributed by atoms with Crippen molar-refractivity contribution in [2.75, 3.05) is 26.4 Å². The van der Waals surface area contributed by atoms with E-state index in [-0.39, 0.29) is 18.9 Å². The molecule has 1 amide bonds. The number of ether oxygens (including phenoxy) is 6. The molecule has 19 heteroatoms. The molecule has 99 heavy (non-hydrogen) atoms. The summed E-state index contributed by atoms with van der Waals surface area (Å²) >= 11 is 0. The number of carbonyl (C=O) groups is 1. The molecular weight excluding hydrogens is 1260 g/mol. The Hall–Kier alpha value is -4.33. The molecule has 0 aromatic heterocycles. The number of hydrogen-bond donors (Lipinski definition) is 12. The molecule has 0 saturated carbocycles. The Labute approximate surface area is 593 Å². The number of amides is 1. The minimum Gasteiger partial charge on any atom is -0.394 e. The molecule has 3 rings (SSSR count). The fraction of sp³-hybridized carbons (Fsp3) is 0.688. The number of unbranched alkanes of at least 4 members (excludes halogenated alkanes) is 16. The zero-order chi connectivity index (χ0) is 71.8. The summed E-state index contributed by atoms with van der Waals surface area (Å²) in [5, 5.41) is 121. The molecular formula is C80H131NO18. The Morgan fingerprint density at radius 2 is 0.697 bits per heavy atom. The lowest BCUT2D eigenvalue weighted by molar-refractivity contribution is -0.379. The van der Waals surface area contributed by atoms with E-state index >= 15 is 0 Å². The molecule has 3 heterocycles. The molecule has 12 N–H and O–H groups in total. The molecule has 19 nitrogen and oxygen atoms in total. The van der Waals surface area contributed by atoms with E-state index in [0.29, 0.717) is 19.3 Å². The summed E-state index contributed by atoms with van der Waals surface area (Å²) in [6, 6.07) is -0.911. The van der Waals surface area contributed by atoms with Gasteiger partial charge in [0.1, 0.15) is 73.2 Å². The van der Waals surface area contributed by atoms with Crippen LogP contribution in [0.4, 0.5) is 0 Å². The SMILES string of the molecule is CC/C=C\C/C=C\C/C=C\C/C=C\C/C=C\C/C=C\C/C=C\C/C=C\C/C=C\C/C=C\C/C=C\C/C=C\CCCCCCC(=O)NC(COC1OC(CO)C(OC2OC(CO)C(OC3OC(CO)C(O)C(O)C3O)C(O)C2O)C(O)C1O)C(O)CCCCCCCCCCCCCCC. The lowest BCUT2D eigenvalue weighted by Gasteiger charge is -2.48. The highest BCUT2D eigenvalue weighted by Gasteiger charge is 2.53. The van der Waals surface area contributed by atoms with E-state index < -0.39 is 124 Å². The highest BCUT2D eigenvalue weighted by atomic mass is 16.8. The summed E-state index contributed by atoms with van der Waals surface area (Å²) in [6.07, 6.45) is 58.0. The van der Waals surface area contributed by atoms with Crippen LogP contribution in [0.2, 0.25) is 0 Å². The predicted octanol–water partition coefficient (Wildman–Crippen LogP) is 11.5. The van der Waals surface area contributed by atoms with Gasteiger partial charge in [0.2, 0.25) is 5.91 Å².